The van der Waals surface area contributed by atoms with Crippen LogP contribution in [0.4, 0.5) is 9.18 Å². The second-order valence-electron chi connectivity index (χ2n) is 5.78. The summed E-state index contributed by atoms with van der Waals surface area (Å²) >= 11 is 0. The number of hydrogen-bond donors (Lipinski definition) is 4. The first-order chi connectivity index (χ1) is 11.8. The maximum Gasteiger partial charge on any atom is 0.315 e. The lowest BCUT2D eigenvalue weighted by Crippen LogP contribution is -2.50. The normalized spacial score (nSPS) is 12.8. The van der Waals surface area contributed by atoms with Gasteiger partial charge in [-0.25, -0.2) is 9.18 Å². The van der Waals surface area contributed by atoms with Crippen LogP contribution in [0.25, 0.3) is 0 Å². The maximum atomic E-state index is 12.8. The van der Waals surface area contributed by atoms with Gasteiger partial charge in [-0.05, 0) is 24.1 Å². The first-order valence-electron chi connectivity index (χ1n) is 8.12. The fourth-order valence-corrected chi connectivity index (χ4v) is 2.02. The third-order valence-corrected chi connectivity index (χ3v) is 3.57. The smallest absolute Gasteiger partial charge is 0.315 e. The Balaban J connectivity index is 2.49. The van der Waals surface area contributed by atoms with E-state index in [0.29, 0.717) is 12.8 Å². The number of carbonyl (C=O) groups is 3. The van der Waals surface area contributed by atoms with Crippen molar-refractivity contribution in [3.05, 3.63) is 35.6 Å². The molecule has 1 aromatic carbocycles. The number of amides is 3. The zero-order valence-electron chi connectivity index (χ0n) is 14.3. The number of carboxylic acids is 1. The van der Waals surface area contributed by atoms with E-state index in [0.717, 1.165) is 5.56 Å². The van der Waals surface area contributed by atoms with E-state index in [9.17, 15) is 18.8 Å². The molecule has 8 heteroatoms. The molecule has 0 heterocycles. The molecule has 4 N–H and O–H groups in total. The average molecular weight is 353 g/mol. The number of urea groups is 1. The number of hydrogen-bond acceptors (Lipinski definition) is 3. The van der Waals surface area contributed by atoms with Gasteiger partial charge in [-0.1, -0.05) is 32.4 Å². The molecule has 0 aliphatic heterocycles. The van der Waals surface area contributed by atoms with Gasteiger partial charge >= 0.3 is 12.0 Å². The number of aliphatic carboxylic acids is 1. The van der Waals surface area contributed by atoms with Crippen LogP contribution in [-0.2, 0) is 16.1 Å². The van der Waals surface area contributed by atoms with Crippen molar-refractivity contribution in [3.8, 4) is 0 Å². The van der Waals surface area contributed by atoms with Gasteiger partial charge in [0.05, 0.1) is 5.92 Å². The van der Waals surface area contributed by atoms with E-state index in [4.69, 9.17) is 5.11 Å². The van der Waals surface area contributed by atoms with E-state index in [1.165, 1.54) is 19.1 Å². The third-order valence-electron chi connectivity index (χ3n) is 3.57. The number of nitrogens with one attached hydrogen (secondary N) is 3. The Labute approximate surface area is 146 Å². The second kappa shape index (κ2) is 10.3. The summed E-state index contributed by atoms with van der Waals surface area (Å²) in [6.07, 6.45) is 1.10. The van der Waals surface area contributed by atoms with Gasteiger partial charge in [0, 0.05) is 13.1 Å². The van der Waals surface area contributed by atoms with Gasteiger partial charge in [-0.15, -0.1) is 0 Å². The number of rotatable bonds is 9. The summed E-state index contributed by atoms with van der Waals surface area (Å²) in [6.45, 7) is 3.55. The molecule has 3 amide bonds. The first kappa shape index (κ1) is 20.4. The van der Waals surface area contributed by atoms with Gasteiger partial charge in [0.15, 0.2) is 0 Å². The molecule has 1 rings (SSSR count). The van der Waals surface area contributed by atoms with Crippen molar-refractivity contribution in [2.75, 3.05) is 6.54 Å². The molecule has 0 fully saturated rings. The van der Waals surface area contributed by atoms with Gasteiger partial charge in [-0.3, -0.25) is 9.59 Å². The monoisotopic (exact) mass is 353 g/mol. The molecule has 2 unspecified atom stereocenters. The van der Waals surface area contributed by atoms with Crippen LogP contribution in [0.3, 0.4) is 0 Å². The maximum absolute atomic E-state index is 12.8. The van der Waals surface area contributed by atoms with E-state index >= 15 is 0 Å². The van der Waals surface area contributed by atoms with E-state index in [1.807, 2.05) is 6.92 Å². The van der Waals surface area contributed by atoms with Crippen molar-refractivity contribution in [2.45, 2.75) is 39.3 Å². The molecule has 0 spiro atoms. The van der Waals surface area contributed by atoms with E-state index in [-0.39, 0.29) is 18.9 Å². The standard InChI is InChI=1S/C17H24FN3O4/c1-3-4-14(15(22)19-9-11(2)16(23)24)21-17(25)20-10-12-5-7-13(18)8-6-12/h5-8,11,14H,3-4,9-10H2,1-2H3,(H,19,22)(H,23,24)(H2,20,21,25). The van der Waals surface area contributed by atoms with Crippen molar-refractivity contribution >= 4 is 17.9 Å². The van der Waals surface area contributed by atoms with Crippen molar-refractivity contribution < 1.29 is 23.9 Å². The van der Waals surface area contributed by atoms with Crippen molar-refractivity contribution in [1.82, 2.24) is 16.0 Å². The Morgan fingerprint density at radius 1 is 1.16 bits per heavy atom. The topological polar surface area (TPSA) is 108 Å². The zero-order chi connectivity index (χ0) is 18.8. The minimum absolute atomic E-state index is 0.00669. The molecule has 0 saturated carbocycles. The second-order valence-corrected chi connectivity index (χ2v) is 5.78. The van der Waals surface area contributed by atoms with E-state index in [1.54, 1.807) is 12.1 Å². The first-order valence-corrected chi connectivity index (χ1v) is 8.12. The van der Waals surface area contributed by atoms with Crippen LogP contribution in [0.5, 0.6) is 0 Å². The summed E-state index contributed by atoms with van der Waals surface area (Å²) in [6, 6.07) is 4.43. The SMILES string of the molecule is CCCC(NC(=O)NCc1ccc(F)cc1)C(=O)NCC(C)C(=O)O. The largest absolute Gasteiger partial charge is 0.481 e. The molecule has 0 radical (unpaired) electrons. The van der Waals surface area contributed by atoms with E-state index in [2.05, 4.69) is 16.0 Å². The Kier molecular flexibility index (Phi) is 8.38. The zero-order valence-corrected chi connectivity index (χ0v) is 14.3. The molecule has 7 nitrogen and oxygen atoms in total. The van der Waals surface area contributed by atoms with Crippen LogP contribution in [0, 0.1) is 11.7 Å². The van der Waals surface area contributed by atoms with Crippen LogP contribution < -0.4 is 16.0 Å². The fourth-order valence-electron chi connectivity index (χ4n) is 2.02. The Bertz CT molecular complexity index is 592. The lowest BCUT2D eigenvalue weighted by atomic mass is 10.1. The molecular formula is C17H24FN3O4. The summed E-state index contributed by atoms with van der Waals surface area (Å²) < 4.78 is 12.8. The lowest BCUT2D eigenvalue weighted by Gasteiger charge is -2.19. The van der Waals surface area contributed by atoms with Crippen LogP contribution in [0.15, 0.2) is 24.3 Å². The Hall–Kier alpha value is -2.64. The number of halogens is 1. The summed E-state index contributed by atoms with van der Waals surface area (Å²) in [5, 5.41) is 16.5. The average Bonchev–Trinajstić information content (AvgIpc) is 2.58. The van der Waals surface area contributed by atoms with Gasteiger partial charge < -0.3 is 21.1 Å². The van der Waals surface area contributed by atoms with Crippen LogP contribution in [-0.4, -0.2) is 35.6 Å². The Morgan fingerprint density at radius 2 is 1.80 bits per heavy atom. The fraction of sp³-hybridized carbons (Fsp3) is 0.471. The van der Waals surface area contributed by atoms with Gasteiger partial charge in [0.25, 0.3) is 0 Å². The Morgan fingerprint density at radius 3 is 2.36 bits per heavy atom. The number of carbonyl (C=O) groups excluding carboxylic acids is 2. The number of carboxylic acid groups (broad SMARTS) is 1. The molecule has 0 saturated heterocycles. The molecule has 0 aliphatic rings. The quantitative estimate of drug-likeness (QED) is 0.541. The van der Waals surface area contributed by atoms with Crippen molar-refractivity contribution in [2.24, 2.45) is 5.92 Å². The molecule has 0 aliphatic carbocycles. The molecule has 0 bridgehead atoms. The number of benzene rings is 1. The highest BCUT2D eigenvalue weighted by atomic mass is 19.1. The molecule has 25 heavy (non-hydrogen) atoms. The van der Waals surface area contributed by atoms with Crippen molar-refractivity contribution in [1.29, 1.82) is 0 Å². The molecule has 0 aromatic heterocycles. The third kappa shape index (κ3) is 7.65. The molecule has 2 atom stereocenters. The van der Waals surface area contributed by atoms with Gasteiger partial charge in [0.1, 0.15) is 11.9 Å². The van der Waals surface area contributed by atoms with Crippen LogP contribution >= 0.6 is 0 Å². The van der Waals surface area contributed by atoms with Gasteiger partial charge in [-0.2, -0.15) is 0 Å². The van der Waals surface area contributed by atoms with Crippen LogP contribution in [0.1, 0.15) is 32.3 Å². The summed E-state index contributed by atoms with van der Waals surface area (Å²) in [4.78, 5) is 34.8. The molecule has 138 valence electrons. The predicted molar refractivity (Wildman–Crippen MR) is 90.3 cm³/mol. The highest BCUT2D eigenvalue weighted by molar-refractivity contribution is 5.87. The molecular weight excluding hydrogens is 329 g/mol. The minimum atomic E-state index is -1.00. The minimum Gasteiger partial charge on any atom is -0.481 e. The van der Waals surface area contributed by atoms with Crippen LogP contribution in [0.2, 0.25) is 0 Å². The predicted octanol–water partition coefficient (Wildman–Crippen LogP) is 1.63. The van der Waals surface area contributed by atoms with Crippen molar-refractivity contribution in [3.63, 3.8) is 0 Å². The summed E-state index contributed by atoms with van der Waals surface area (Å²) in [5.74, 6) is -2.49. The van der Waals surface area contributed by atoms with E-state index < -0.39 is 29.9 Å². The highest BCUT2D eigenvalue weighted by Gasteiger charge is 2.21. The highest BCUT2D eigenvalue weighted by Crippen LogP contribution is 2.02. The summed E-state index contributed by atoms with van der Waals surface area (Å²) in [7, 11) is 0. The molecule has 1 aromatic rings. The van der Waals surface area contributed by atoms with Gasteiger partial charge in [0.2, 0.25) is 5.91 Å². The summed E-state index contributed by atoms with van der Waals surface area (Å²) in [5.41, 5.74) is 0.725. The lowest BCUT2D eigenvalue weighted by molar-refractivity contribution is -0.141.